The smallest absolute Gasteiger partial charge is 0.189 e. The van der Waals surface area contributed by atoms with Gasteiger partial charge in [0.25, 0.3) is 0 Å². The summed E-state index contributed by atoms with van der Waals surface area (Å²) in [6.45, 7) is 0. The molecule has 8 heteroatoms. The molecule has 0 N–H and O–H groups in total. The molecule has 0 saturated carbocycles. The zero-order valence-corrected chi connectivity index (χ0v) is 13.1. The van der Waals surface area contributed by atoms with E-state index >= 15 is 0 Å². The number of aromatic nitrogens is 2. The van der Waals surface area contributed by atoms with Crippen molar-refractivity contribution < 1.29 is 8.42 Å². The summed E-state index contributed by atoms with van der Waals surface area (Å²) >= 11 is 4.49. The van der Waals surface area contributed by atoms with Crippen molar-refractivity contribution in [3.05, 3.63) is 6.07 Å². The number of sulfone groups is 1. The quantitative estimate of drug-likeness (QED) is 0.453. The fourth-order valence-electron chi connectivity index (χ4n) is 0.951. The van der Waals surface area contributed by atoms with Gasteiger partial charge in [-0.15, -0.1) is 23.5 Å². The highest BCUT2D eigenvalue weighted by atomic mass is 32.2. The Morgan fingerprint density at radius 2 is 1.82 bits per heavy atom. The van der Waals surface area contributed by atoms with Crippen LogP contribution in [0.1, 0.15) is 0 Å². The topological polar surface area (TPSA) is 59.9 Å². The maximum atomic E-state index is 11.0. The van der Waals surface area contributed by atoms with Crippen molar-refractivity contribution in [1.29, 1.82) is 0 Å². The van der Waals surface area contributed by atoms with Gasteiger partial charge < -0.3 is 0 Å². The van der Waals surface area contributed by atoms with Gasteiger partial charge in [-0.2, -0.15) is 0 Å². The third-order valence-corrected chi connectivity index (χ3v) is 5.05. The Morgan fingerprint density at radius 1 is 1.18 bits per heavy atom. The predicted molar refractivity (Wildman–Crippen MR) is 76.0 cm³/mol. The molecule has 0 atom stereocenters. The Balaban J connectivity index is 2.70. The third kappa shape index (κ3) is 5.98. The van der Waals surface area contributed by atoms with E-state index in [4.69, 9.17) is 0 Å². The molecular weight excluding hydrogens is 296 g/mol. The maximum Gasteiger partial charge on any atom is 0.189 e. The van der Waals surface area contributed by atoms with Gasteiger partial charge >= 0.3 is 0 Å². The first-order chi connectivity index (χ1) is 7.94. The molecule has 96 valence electrons. The van der Waals surface area contributed by atoms with E-state index in [1.54, 1.807) is 11.8 Å². The zero-order valence-electron chi connectivity index (χ0n) is 9.84. The lowest BCUT2D eigenvalue weighted by Gasteiger charge is -2.04. The molecule has 0 spiro atoms. The van der Waals surface area contributed by atoms with Crippen LogP contribution in [-0.2, 0) is 9.84 Å². The summed E-state index contributed by atoms with van der Waals surface area (Å²) in [6, 6.07) is 1.89. The maximum absolute atomic E-state index is 11.0. The summed E-state index contributed by atoms with van der Waals surface area (Å²) in [4.78, 5) is 8.64. The van der Waals surface area contributed by atoms with Crippen LogP contribution in [0.2, 0.25) is 0 Å². The van der Waals surface area contributed by atoms with Crippen LogP contribution in [0.5, 0.6) is 0 Å². The number of nitrogens with zero attached hydrogens (tertiary/aromatic N) is 2. The van der Waals surface area contributed by atoms with E-state index in [1.165, 1.54) is 29.8 Å². The Labute approximate surface area is 115 Å². The average Bonchev–Trinajstić information content (AvgIpc) is 2.26. The minimum Gasteiger partial charge on any atom is -0.229 e. The molecule has 1 rings (SSSR count). The van der Waals surface area contributed by atoms with Crippen LogP contribution in [0.25, 0.3) is 0 Å². The van der Waals surface area contributed by atoms with Crippen molar-refractivity contribution in [2.75, 3.05) is 30.3 Å². The van der Waals surface area contributed by atoms with Gasteiger partial charge in [-0.05, 0) is 12.5 Å². The van der Waals surface area contributed by atoms with Crippen molar-refractivity contribution in [1.82, 2.24) is 9.97 Å². The van der Waals surface area contributed by atoms with Gasteiger partial charge in [0, 0.05) is 18.1 Å². The van der Waals surface area contributed by atoms with Gasteiger partial charge in [-0.3, -0.25) is 0 Å². The van der Waals surface area contributed by atoms with E-state index < -0.39 is 9.84 Å². The molecule has 0 unspecified atom stereocenters. The normalized spacial score (nSPS) is 11.7. The summed E-state index contributed by atoms with van der Waals surface area (Å²) in [5.74, 6) is 0.697. The van der Waals surface area contributed by atoms with Crippen LogP contribution in [0.15, 0.2) is 21.3 Å². The SMILES string of the molecule is CSc1cc(SCCS(C)(=O)=O)nc(SC)n1. The molecule has 1 aromatic rings. The lowest BCUT2D eigenvalue weighted by molar-refractivity contribution is 0.603. The van der Waals surface area contributed by atoms with Gasteiger partial charge in [0.05, 0.1) is 5.75 Å². The average molecular weight is 310 g/mol. The van der Waals surface area contributed by atoms with E-state index in [2.05, 4.69) is 9.97 Å². The highest BCUT2D eigenvalue weighted by Gasteiger charge is 2.06. The standard InChI is InChI=1S/C9H14N2O2S4/c1-14-7-6-8(11-9(10-7)15-2)16-4-5-17(3,12)13/h6H,4-5H2,1-3H3. The van der Waals surface area contributed by atoms with Crippen LogP contribution >= 0.6 is 35.3 Å². The second kappa shape index (κ2) is 6.86. The first kappa shape index (κ1) is 15.1. The zero-order chi connectivity index (χ0) is 12.9. The van der Waals surface area contributed by atoms with Crippen LogP contribution in [-0.4, -0.2) is 48.7 Å². The minimum atomic E-state index is -2.90. The first-order valence-electron chi connectivity index (χ1n) is 4.72. The second-order valence-electron chi connectivity index (χ2n) is 3.21. The van der Waals surface area contributed by atoms with Crippen LogP contribution in [0.4, 0.5) is 0 Å². The largest absolute Gasteiger partial charge is 0.229 e. The third-order valence-electron chi connectivity index (χ3n) is 1.75. The molecular formula is C9H14N2O2S4. The molecule has 0 amide bonds. The van der Waals surface area contributed by atoms with Crippen molar-refractivity contribution in [2.45, 2.75) is 15.2 Å². The monoisotopic (exact) mass is 310 g/mol. The highest BCUT2D eigenvalue weighted by molar-refractivity contribution is 8.01. The molecule has 0 aliphatic heterocycles. The van der Waals surface area contributed by atoms with Gasteiger partial charge in [0.1, 0.15) is 19.9 Å². The van der Waals surface area contributed by atoms with E-state index in [-0.39, 0.29) is 5.75 Å². The van der Waals surface area contributed by atoms with Crippen LogP contribution in [0, 0.1) is 0 Å². The lowest BCUT2D eigenvalue weighted by atomic mass is 10.7. The van der Waals surface area contributed by atoms with Crippen molar-refractivity contribution in [2.24, 2.45) is 0 Å². The summed E-state index contributed by atoms with van der Waals surface area (Å²) in [6.07, 6.45) is 5.12. The second-order valence-corrected chi connectivity index (χ2v) is 8.19. The molecule has 4 nitrogen and oxygen atoms in total. The molecule has 0 aliphatic carbocycles. The summed E-state index contributed by atoms with van der Waals surface area (Å²) in [5.41, 5.74) is 0. The van der Waals surface area contributed by atoms with E-state index in [0.717, 1.165) is 15.2 Å². The highest BCUT2D eigenvalue weighted by Crippen LogP contribution is 2.23. The fraction of sp³-hybridized carbons (Fsp3) is 0.556. The Morgan fingerprint density at radius 3 is 2.35 bits per heavy atom. The number of hydrogen-bond donors (Lipinski definition) is 0. The molecule has 0 fully saturated rings. The van der Waals surface area contributed by atoms with Crippen molar-refractivity contribution >= 4 is 45.1 Å². The Bertz CT molecular complexity index is 454. The van der Waals surface area contributed by atoms with Gasteiger partial charge in [0.15, 0.2) is 5.16 Å². The summed E-state index contributed by atoms with van der Waals surface area (Å²) in [7, 11) is -2.90. The Kier molecular flexibility index (Phi) is 6.11. The van der Waals surface area contributed by atoms with Crippen LogP contribution < -0.4 is 0 Å². The molecule has 0 aliphatic rings. The molecule has 0 aromatic carbocycles. The van der Waals surface area contributed by atoms with Gasteiger partial charge in [-0.25, -0.2) is 18.4 Å². The molecule has 17 heavy (non-hydrogen) atoms. The van der Waals surface area contributed by atoms with Crippen molar-refractivity contribution in [3.8, 4) is 0 Å². The molecule has 0 bridgehead atoms. The number of hydrogen-bond acceptors (Lipinski definition) is 7. The molecule has 0 saturated heterocycles. The number of thioether (sulfide) groups is 3. The fourth-order valence-corrected chi connectivity index (χ4v) is 4.03. The molecule has 1 heterocycles. The van der Waals surface area contributed by atoms with Crippen LogP contribution in [0.3, 0.4) is 0 Å². The Hall–Kier alpha value is 0.0800. The van der Waals surface area contributed by atoms with Gasteiger partial charge in [-0.1, -0.05) is 11.8 Å². The predicted octanol–water partition coefficient (Wildman–Crippen LogP) is 2.06. The summed E-state index contributed by atoms with van der Waals surface area (Å²) in [5, 5.41) is 2.46. The van der Waals surface area contributed by atoms with Gasteiger partial charge in [0.2, 0.25) is 0 Å². The van der Waals surface area contributed by atoms with E-state index in [9.17, 15) is 8.42 Å². The number of rotatable bonds is 6. The minimum absolute atomic E-state index is 0.171. The lowest BCUT2D eigenvalue weighted by Crippen LogP contribution is -2.05. The first-order valence-corrected chi connectivity index (χ1v) is 10.2. The molecule has 0 radical (unpaired) electrons. The molecule has 1 aromatic heterocycles. The van der Waals surface area contributed by atoms with Crippen molar-refractivity contribution in [3.63, 3.8) is 0 Å². The van der Waals surface area contributed by atoms with E-state index in [1.807, 2.05) is 18.6 Å². The van der Waals surface area contributed by atoms with E-state index in [0.29, 0.717) is 5.75 Å². The summed E-state index contributed by atoms with van der Waals surface area (Å²) < 4.78 is 22.0.